The Morgan fingerprint density at radius 1 is 1.40 bits per heavy atom. The van der Waals surface area contributed by atoms with Crippen LogP contribution in [0.15, 0.2) is 29.0 Å². The second-order valence-electron chi connectivity index (χ2n) is 3.90. The van der Waals surface area contributed by atoms with Crippen LogP contribution < -0.4 is 10.1 Å². The molecular weight excluding hydrogens is 328 g/mol. The number of nitrogens with zero attached hydrogens (tertiary/aromatic N) is 3. The summed E-state index contributed by atoms with van der Waals surface area (Å²) in [5.41, 5.74) is 0.538. The third-order valence-corrected chi connectivity index (χ3v) is 3.04. The molecule has 0 saturated carbocycles. The zero-order chi connectivity index (χ0) is 14.7. The number of anilines is 1. The summed E-state index contributed by atoms with van der Waals surface area (Å²) in [6.07, 6.45) is 1.21. The zero-order valence-corrected chi connectivity index (χ0v) is 12.3. The van der Waals surface area contributed by atoms with Gasteiger partial charge in [-0.3, -0.25) is 10.1 Å². The minimum absolute atomic E-state index is 0.0974. The van der Waals surface area contributed by atoms with Gasteiger partial charge < -0.3 is 10.1 Å². The molecule has 2 rings (SSSR count). The number of ether oxygens (including phenoxy) is 1. The Labute approximate surface area is 123 Å². The molecule has 0 radical (unpaired) electrons. The van der Waals surface area contributed by atoms with Crippen LogP contribution in [0.4, 0.5) is 11.5 Å². The largest absolute Gasteiger partial charge is 0.433 e. The quantitative estimate of drug-likeness (QED) is 0.679. The van der Waals surface area contributed by atoms with Crippen LogP contribution in [0.3, 0.4) is 0 Å². The smallest absolute Gasteiger partial charge is 0.373 e. The van der Waals surface area contributed by atoms with E-state index in [1.807, 2.05) is 13.0 Å². The number of hydrogen-bond donors (Lipinski definition) is 1. The van der Waals surface area contributed by atoms with E-state index in [0.717, 1.165) is 10.0 Å². The number of nitro groups is 1. The lowest BCUT2D eigenvalue weighted by Crippen LogP contribution is -2.03. The standard InChI is InChI=1S/C12H11BrN4O3/c1-7-5-8(13)3-4-9(7)20-12-10(17(18)19)11(14-2)15-6-16-12/h3-6H,1-2H3,(H,14,15,16). The Hall–Kier alpha value is -2.22. The number of aryl methyl sites for hydroxylation is 1. The van der Waals surface area contributed by atoms with Gasteiger partial charge >= 0.3 is 11.6 Å². The van der Waals surface area contributed by atoms with Crippen molar-refractivity contribution in [3.8, 4) is 11.6 Å². The van der Waals surface area contributed by atoms with Crippen molar-refractivity contribution in [1.29, 1.82) is 0 Å². The van der Waals surface area contributed by atoms with E-state index in [0.29, 0.717) is 5.75 Å². The maximum Gasteiger partial charge on any atom is 0.373 e. The lowest BCUT2D eigenvalue weighted by Gasteiger charge is -2.09. The third-order valence-electron chi connectivity index (χ3n) is 2.55. The molecule has 0 fully saturated rings. The normalized spacial score (nSPS) is 10.2. The molecular formula is C12H11BrN4O3. The lowest BCUT2D eigenvalue weighted by atomic mass is 10.2. The van der Waals surface area contributed by atoms with Crippen molar-refractivity contribution in [3.05, 3.63) is 44.7 Å². The van der Waals surface area contributed by atoms with E-state index in [1.54, 1.807) is 19.2 Å². The fraction of sp³-hybridized carbons (Fsp3) is 0.167. The van der Waals surface area contributed by atoms with E-state index >= 15 is 0 Å². The van der Waals surface area contributed by atoms with Crippen molar-refractivity contribution >= 4 is 27.4 Å². The second-order valence-corrected chi connectivity index (χ2v) is 4.81. The number of benzene rings is 1. The first-order valence-corrected chi connectivity index (χ1v) is 6.43. The Morgan fingerprint density at radius 2 is 2.15 bits per heavy atom. The Bertz CT molecular complexity index is 663. The van der Waals surface area contributed by atoms with Crippen molar-refractivity contribution in [2.45, 2.75) is 6.92 Å². The summed E-state index contributed by atoms with van der Waals surface area (Å²) in [7, 11) is 1.55. The number of rotatable bonds is 4. The molecule has 104 valence electrons. The highest BCUT2D eigenvalue weighted by molar-refractivity contribution is 9.10. The van der Waals surface area contributed by atoms with Crippen molar-refractivity contribution in [1.82, 2.24) is 9.97 Å². The van der Waals surface area contributed by atoms with E-state index in [9.17, 15) is 10.1 Å². The molecule has 1 heterocycles. The molecule has 1 aromatic heterocycles. The predicted octanol–water partition coefficient (Wildman–Crippen LogP) is 3.29. The van der Waals surface area contributed by atoms with E-state index in [-0.39, 0.29) is 17.4 Å². The van der Waals surface area contributed by atoms with Gasteiger partial charge in [0.25, 0.3) is 0 Å². The summed E-state index contributed by atoms with van der Waals surface area (Å²) in [4.78, 5) is 18.2. The molecule has 1 N–H and O–H groups in total. The van der Waals surface area contributed by atoms with Crippen LogP contribution in [0.25, 0.3) is 0 Å². The summed E-state index contributed by atoms with van der Waals surface area (Å²) in [5.74, 6) is 0.506. The highest BCUT2D eigenvalue weighted by Crippen LogP contribution is 2.35. The first-order valence-electron chi connectivity index (χ1n) is 5.64. The predicted molar refractivity (Wildman–Crippen MR) is 77.2 cm³/mol. The van der Waals surface area contributed by atoms with Crippen molar-refractivity contribution in [2.75, 3.05) is 12.4 Å². The third kappa shape index (κ3) is 2.85. The van der Waals surface area contributed by atoms with Crippen LogP contribution in [-0.2, 0) is 0 Å². The molecule has 20 heavy (non-hydrogen) atoms. The molecule has 2 aromatic rings. The first kappa shape index (κ1) is 14.2. The van der Waals surface area contributed by atoms with Gasteiger partial charge in [0.15, 0.2) is 0 Å². The molecule has 0 aliphatic heterocycles. The second kappa shape index (κ2) is 5.83. The van der Waals surface area contributed by atoms with Gasteiger partial charge in [0.2, 0.25) is 5.82 Å². The summed E-state index contributed by atoms with van der Waals surface area (Å²) in [6, 6.07) is 5.35. The molecule has 1 aromatic carbocycles. The maximum atomic E-state index is 11.1. The van der Waals surface area contributed by atoms with Gasteiger partial charge in [0.05, 0.1) is 4.92 Å². The van der Waals surface area contributed by atoms with Crippen molar-refractivity contribution in [3.63, 3.8) is 0 Å². The van der Waals surface area contributed by atoms with E-state index < -0.39 is 4.92 Å². The average Bonchev–Trinajstić information content (AvgIpc) is 2.41. The fourth-order valence-corrected chi connectivity index (χ4v) is 2.09. The van der Waals surface area contributed by atoms with E-state index in [2.05, 4.69) is 31.2 Å². The zero-order valence-electron chi connectivity index (χ0n) is 10.8. The Morgan fingerprint density at radius 3 is 2.75 bits per heavy atom. The molecule has 0 bridgehead atoms. The summed E-state index contributed by atoms with van der Waals surface area (Å²) < 4.78 is 6.44. The Kier molecular flexibility index (Phi) is 4.14. The van der Waals surface area contributed by atoms with Gasteiger partial charge in [-0.1, -0.05) is 15.9 Å². The van der Waals surface area contributed by atoms with Crippen LogP contribution in [0, 0.1) is 17.0 Å². The molecule has 7 nitrogen and oxygen atoms in total. The molecule has 8 heteroatoms. The van der Waals surface area contributed by atoms with Gasteiger partial charge in [0.1, 0.15) is 12.1 Å². The number of hydrogen-bond acceptors (Lipinski definition) is 6. The SMILES string of the molecule is CNc1ncnc(Oc2ccc(Br)cc2C)c1[N+](=O)[O-]. The number of halogens is 1. The van der Waals surface area contributed by atoms with Crippen LogP contribution in [-0.4, -0.2) is 21.9 Å². The molecule has 0 unspecified atom stereocenters. The molecule has 0 aliphatic rings. The topological polar surface area (TPSA) is 90.2 Å². The molecule has 0 amide bonds. The molecule has 0 atom stereocenters. The van der Waals surface area contributed by atoms with E-state index in [1.165, 1.54) is 6.33 Å². The molecule has 0 aliphatic carbocycles. The van der Waals surface area contributed by atoms with Crippen LogP contribution >= 0.6 is 15.9 Å². The van der Waals surface area contributed by atoms with Gasteiger partial charge in [-0.05, 0) is 30.7 Å². The number of nitrogens with one attached hydrogen (secondary N) is 1. The minimum atomic E-state index is -0.574. The summed E-state index contributed by atoms with van der Waals surface area (Å²) in [5, 5.41) is 13.8. The van der Waals surface area contributed by atoms with Gasteiger partial charge in [0, 0.05) is 11.5 Å². The van der Waals surface area contributed by atoms with Gasteiger partial charge in [-0.2, -0.15) is 4.98 Å². The molecule has 0 spiro atoms. The summed E-state index contributed by atoms with van der Waals surface area (Å²) >= 11 is 3.34. The van der Waals surface area contributed by atoms with Crippen LogP contribution in [0.2, 0.25) is 0 Å². The molecule has 0 saturated heterocycles. The highest BCUT2D eigenvalue weighted by atomic mass is 79.9. The average molecular weight is 339 g/mol. The monoisotopic (exact) mass is 338 g/mol. The first-order chi connectivity index (χ1) is 9.52. The lowest BCUT2D eigenvalue weighted by molar-refractivity contribution is -0.385. The Balaban J connectivity index is 2.45. The van der Waals surface area contributed by atoms with Crippen LogP contribution in [0.5, 0.6) is 11.6 Å². The van der Waals surface area contributed by atoms with Crippen molar-refractivity contribution in [2.24, 2.45) is 0 Å². The summed E-state index contributed by atoms with van der Waals surface area (Å²) in [6.45, 7) is 1.84. The number of aromatic nitrogens is 2. The fourth-order valence-electron chi connectivity index (χ4n) is 1.62. The van der Waals surface area contributed by atoms with Crippen molar-refractivity contribution < 1.29 is 9.66 Å². The highest BCUT2D eigenvalue weighted by Gasteiger charge is 2.24. The minimum Gasteiger partial charge on any atom is -0.433 e. The van der Waals surface area contributed by atoms with E-state index in [4.69, 9.17) is 4.74 Å². The van der Waals surface area contributed by atoms with Gasteiger partial charge in [-0.25, -0.2) is 4.98 Å². The van der Waals surface area contributed by atoms with Crippen LogP contribution in [0.1, 0.15) is 5.56 Å². The van der Waals surface area contributed by atoms with Gasteiger partial charge in [-0.15, -0.1) is 0 Å². The maximum absolute atomic E-state index is 11.1.